The minimum Gasteiger partial charge on any atom is -0.481 e. The number of rotatable bonds is 13. The van der Waals surface area contributed by atoms with E-state index >= 15 is 0 Å². The largest absolute Gasteiger partial charge is 0.481 e. The number of nitrogens with zero attached hydrogens (tertiary/aromatic N) is 1. The van der Waals surface area contributed by atoms with Crippen LogP contribution < -0.4 is 21.3 Å². The van der Waals surface area contributed by atoms with Gasteiger partial charge in [-0.05, 0) is 24.9 Å². The molecule has 7 N–H and O–H groups in total. The van der Waals surface area contributed by atoms with Crippen molar-refractivity contribution in [2.75, 3.05) is 6.54 Å². The molecule has 3 amide bonds. The van der Waals surface area contributed by atoms with E-state index < -0.39 is 60.2 Å². The molecule has 2 heterocycles. The standard InChI is InChI=1S/C24H30N6O7/c31-20(32)11-18(29-21(33)16-7-4-8-26-16)23(35)28-17(10-15-12-25-13-27-15)22(34)30-19(24(36)37)9-14-5-2-1-3-6-14/h1-3,5-6,12-13,16-19,26H,4,7-11H2,(H,25,27)(H,28,35)(H,29,33)(H,30,34)(H,31,32)(H,36,37). The van der Waals surface area contributed by atoms with Crippen LogP contribution in [0.25, 0.3) is 0 Å². The second-order valence-corrected chi connectivity index (χ2v) is 8.74. The van der Waals surface area contributed by atoms with Gasteiger partial charge in [-0.15, -0.1) is 0 Å². The molecule has 1 fully saturated rings. The SMILES string of the molecule is O=C(O)CC(NC(=O)C1CCCN1)C(=O)NC(Cc1cnc[nH]1)C(=O)NC(Cc1ccccc1)C(=O)O. The van der Waals surface area contributed by atoms with Crippen LogP contribution in [0.1, 0.15) is 30.5 Å². The molecule has 37 heavy (non-hydrogen) atoms. The van der Waals surface area contributed by atoms with Crippen LogP contribution in [-0.4, -0.2) is 80.6 Å². The Morgan fingerprint density at radius 2 is 1.65 bits per heavy atom. The number of nitrogens with one attached hydrogen (secondary N) is 5. The van der Waals surface area contributed by atoms with Crippen molar-refractivity contribution >= 4 is 29.7 Å². The molecule has 4 atom stereocenters. The van der Waals surface area contributed by atoms with Gasteiger partial charge in [0.2, 0.25) is 17.7 Å². The average molecular weight is 515 g/mol. The predicted molar refractivity (Wildman–Crippen MR) is 129 cm³/mol. The number of aromatic nitrogens is 2. The van der Waals surface area contributed by atoms with E-state index in [0.29, 0.717) is 24.2 Å². The Labute approximate surface area is 212 Å². The zero-order valence-corrected chi connectivity index (χ0v) is 20.0. The molecule has 4 unspecified atom stereocenters. The van der Waals surface area contributed by atoms with Crippen LogP contribution in [0.5, 0.6) is 0 Å². The molecule has 0 saturated carbocycles. The first kappa shape index (κ1) is 27.3. The fraction of sp³-hybridized carbons (Fsp3) is 0.417. The molecule has 1 aliphatic heterocycles. The van der Waals surface area contributed by atoms with Crippen molar-refractivity contribution in [2.24, 2.45) is 0 Å². The molecule has 1 aromatic heterocycles. The smallest absolute Gasteiger partial charge is 0.326 e. The summed E-state index contributed by atoms with van der Waals surface area (Å²) in [6, 6.07) is 4.19. The maximum absolute atomic E-state index is 13.1. The lowest BCUT2D eigenvalue weighted by Gasteiger charge is -2.24. The highest BCUT2D eigenvalue weighted by Crippen LogP contribution is 2.08. The van der Waals surface area contributed by atoms with Crippen LogP contribution >= 0.6 is 0 Å². The molecule has 2 aromatic rings. The van der Waals surface area contributed by atoms with Crippen LogP contribution in [0.4, 0.5) is 0 Å². The topological polar surface area (TPSA) is 203 Å². The Morgan fingerprint density at radius 3 is 2.24 bits per heavy atom. The number of carboxylic acids is 2. The van der Waals surface area contributed by atoms with Crippen molar-refractivity contribution in [3.8, 4) is 0 Å². The van der Waals surface area contributed by atoms with Crippen molar-refractivity contribution in [1.82, 2.24) is 31.2 Å². The van der Waals surface area contributed by atoms with Crippen molar-refractivity contribution in [3.63, 3.8) is 0 Å². The van der Waals surface area contributed by atoms with Crippen molar-refractivity contribution in [2.45, 2.75) is 56.3 Å². The molecule has 0 radical (unpaired) electrons. The maximum atomic E-state index is 13.1. The molecule has 1 saturated heterocycles. The van der Waals surface area contributed by atoms with Crippen LogP contribution in [0, 0.1) is 0 Å². The summed E-state index contributed by atoms with van der Waals surface area (Å²) >= 11 is 0. The van der Waals surface area contributed by atoms with Gasteiger partial charge in [-0.25, -0.2) is 9.78 Å². The van der Waals surface area contributed by atoms with Gasteiger partial charge in [0.05, 0.1) is 18.8 Å². The van der Waals surface area contributed by atoms with E-state index in [0.717, 1.165) is 6.42 Å². The predicted octanol–water partition coefficient (Wildman–Crippen LogP) is -1.04. The number of hydrogen-bond acceptors (Lipinski definition) is 7. The molecular formula is C24H30N6O7. The van der Waals surface area contributed by atoms with E-state index in [9.17, 15) is 34.2 Å². The van der Waals surface area contributed by atoms with E-state index in [1.54, 1.807) is 30.3 Å². The summed E-state index contributed by atoms with van der Waals surface area (Å²) in [5.41, 5.74) is 1.17. The van der Waals surface area contributed by atoms with Gasteiger partial charge in [0, 0.05) is 24.7 Å². The molecule has 0 aliphatic carbocycles. The lowest BCUT2D eigenvalue weighted by molar-refractivity contribution is -0.143. The molecule has 198 valence electrons. The molecule has 1 aromatic carbocycles. The highest BCUT2D eigenvalue weighted by molar-refractivity contribution is 5.95. The lowest BCUT2D eigenvalue weighted by Crippen LogP contribution is -2.58. The van der Waals surface area contributed by atoms with Crippen molar-refractivity contribution in [3.05, 3.63) is 54.1 Å². The minimum atomic E-state index is -1.44. The monoisotopic (exact) mass is 514 g/mol. The van der Waals surface area contributed by atoms with Gasteiger partial charge in [0.1, 0.15) is 18.1 Å². The van der Waals surface area contributed by atoms with E-state index in [-0.39, 0.29) is 12.8 Å². The number of hydrogen-bond donors (Lipinski definition) is 7. The molecule has 13 nitrogen and oxygen atoms in total. The number of carbonyl (C=O) groups excluding carboxylic acids is 3. The highest BCUT2D eigenvalue weighted by atomic mass is 16.4. The normalized spacial score (nSPS) is 17.2. The number of benzene rings is 1. The van der Waals surface area contributed by atoms with Gasteiger partial charge in [0.25, 0.3) is 0 Å². The third-order valence-corrected chi connectivity index (χ3v) is 5.90. The summed E-state index contributed by atoms with van der Waals surface area (Å²) in [5, 5.41) is 29.3. The average Bonchev–Trinajstić information content (AvgIpc) is 3.57. The van der Waals surface area contributed by atoms with Gasteiger partial charge in [0.15, 0.2) is 0 Å². The molecule has 1 aliphatic rings. The third-order valence-electron chi connectivity index (χ3n) is 5.90. The third kappa shape index (κ3) is 8.42. The first-order chi connectivity index (χ1) is 17.7. The summed E-state index contributed by atoms with van der Waals surface area (Å²) in [7, 11) is 0. The number of imidazole rings is 1. The number of carboxylic acid groups (broad SMARTS) is 2. The zero-order chi connectivity index (χ0) is 26.8. The Kier molecular flexibility index (Phi) is 9.72. The van der Waals surface area contributed by atoms with E-state index in [4.69, 9.17) is 0 Å². The van der Waals surface area contributed by atoms with Crippen LogP contribution in [0.3, 0.4) is 0 Å². The summed E-state index contributed by atoms with van der Waals surface area (Å²) in [5.74, 6) is -4.76. The highest BCUT2D eigenvalue weighted by Gasteiger charge is 2.33. The minimum absolute atomic E-state index is 0.0126. The quantitative estimate of drug-likeness (QED) is 0.174. The lowest BCUT2D eigenvalue weighted by atomic mass is 10.0. The Morgan fingerprint density at radius 1 is 0.946 bits per heavy atom. The fourth-order valence-corrected chi connectivity index (χ4v) is 3.98. The van der Waals surface area contributed by atoms with E-state index in [1.165, 1.54) is 12.5 Å². The summed E-state index contributed by atoms with van der Waals surface area (Å²) < 4.78 is 0. The summed E-state index contributed by atoms with van der Waals surface area (Å²) in [6.45, 7) is 0.633. The Balaban J connectivity index is 1.74. The molecule has 0 bridgehead atoms. The van der Waals surface area contributed by atoms with Gasteiger partial charge in [-0.1, -0.05) is 30.3 Å². The summed E-state index contributed by atoms with van der Waals surface area (Å²) in [6.07, 6.45) is 3.38. The Bertz CT molecular complexity index is 1090. The van der Waals surface area contributed by atoms with Crippen molar-refractivity contribution < 1.29 is 34.2 Å². The number of H-pyrrole nitrogens is 1. The van der Waals surface area contributed by atoms with Crippen LogP contribution in [0.15, 0.2) is 42.9 Å². The van der Waals surface area contributed by atoms with Gasteiger partial charge < -0.3 is 36.5 Å². The second kappa shape index (κ2) is 13.2. The zero-order valence-electron chi connectivity index (χ0n) is 20.0. The first-order valence-electron chi connectivity index (χ1n) is 11.8. The van der Waals surface area contributed by atoms with E-state index in [1.807, 2.05) is 0 Å². The first-order valence-corrected chi connectivity index (χ1v) is 11.8. The van der Waals surface area contributed by atoms with E-state index in [2.05, 4.69) is 31.2 Å². The van der Waals surface area contributed by atoms with Crippen LogP contribution in [-0.2, 0) is 36.8 Å². The van der Waals surface area contributed by atoms with Gasteiger partial charge >= 0.3 is 11.9 Å². The van der Waals surface area contributed by atoms with Crippen LogP contribution in [0.2, 0.25) is 0 Å². The maximum Gasteiger partial charge on any atom is 0.326 e. The number of carbonyl (C=O) groups is 5. The molecule has 13 heteroatoms. The molecule has 3 rings (SSSR count). The molecular weight excluding hydrogens is 484 g/mol. The fourth-order valence-electron chi connectivity index (χ4n) is 3.98. The van der Waals surface area contributed by atoms with Crippen molar-refractivity contribution in [1.29, 1.82) is 0 Å². The Hall–Kier alpha value is -4.26. The summed E-state index contributed by atoms with van der Waals surface area (Å²) in [4.78, 5) is 68.6. The number of aromatic amines is 1. The second-order valence-electron chi connectivity index (χ2n) is 8.74. The van der Waals surface area contributed by atoms with Gasteiger partial charge in [-0.2, -0.15) is 0 Å². The number of aliphatic carboxylic acids is 2. The van der Waals surface area contributed by atoms with Gasteiger partial charge in [-0.3, -0.25) is 19.2 Å². The molecule has 0 spiro atoms. The number of amides is 3.